The van der Waals surface area contributed by atoms with E-state index in [4.69, 9.17) is 16.3 Å². The van der Waals surface area contributed by atoms with Crippen molar-refractivity contribution in [1.82, 2.24) is 0 Å². The number of halogens is 1. The molecule has 0 aliphatic heterocycles. The van der Waals surface area contributed by atoms with Gasteiger partial charge in [-0.2, -0.15) is 4.73 Å². The van der Waals surface area contributed by atoms with Crippen LogP contribution >= 0.6 is 11.6 Å². The average molecular weight is 326 g/mol. The molecule has 0 aliphatic rings. The third-order valence-corrected chi connectivity index (χ3v) is 3.75. The molecule has 3 aromatic rings. The Morgan fingerprint density at radius 3 is 2.61 bits per heavy atom. The third kappa shape index (κ3) is 4.02. The summed E-state index contributed by atoms with van der Waals surface area (Å²) in [6, 6.07) is 19.2. The Hall–Kier alpha value is -2.52. The second-order valence-corrected chi connectivity index (χ2v) is 5.61. The van der Waals surface area contributed by atoms with Gasteiger partial charge in [0.25, 0.3) is 0 Å². The van der Waals surface area contributed by atoms with Gasteiger partial charge in [0, 0.05) is 28.6 Å². The van der Waals surface area contributed by atoms with Gasteiger partial charge >= 0.3 is 0 Å². The van der Waals surface area contributed by atoms with Gasteiger partial charge in [0.05, 0.1) is 6.61 Å². The SMILES string of the molecule is [O-][n+]1cccc(CCOc2ccc(Cl)cc2-c2ccccc2)c1. The van der Waals surface area contributed by atoms with Crippen LogP contribution in [0.5, 0.6) is 5.75 Å². The number of benzene rings is 2. The zero-order valence-electron chi connectivity index (χ0n) is 12.5. The summed E-state index contributed by atoms with van der Waals surface area (Å²) in [5.74, 6) is 0.784. The molecule has 0 spiro atoms. The van der Waals surface area contributed by atoms with Crippen LogP contribution in [0.4, 0.5) is 0 Å². The minimum atomic E-state index is 0.492. The second kappa shape index (κ2) is 7.16. The fourth-order valence-corrected chi connectivity index (χ4v) is 2.57. The quantitative estimate of drug-likeness (QED) is 0.519. The number of ether oxygens (including phenoxy) is 1. The topological polar surface area (TPSA) is 36.2 Å². The molecule has 0 aliphatic carbocycles. The molecular formula is C19H16ClNO2. The largest absolute Gasteiger partial charge is 0.619 e. The Labute approximate surface area is 140 Å². The first-order valence-corrected chi connectivity index (χ1v) is 7.76. The highest BCUT2D eigenvalue weighted by Crippen LogP contribution is 2.32. The van der Waals surface area contributed by atoms with Crippen LogP contribution < -0.4 is 9.47 Å². The van der Waals surface area contributed by atoms with E-state index in [-0.39, 0.29) is 0 Å². The van der Waals surface area contributed by atoms with Crippen LogP contribution in [0.2, 0.25) is 5.02 Å². The number of hydrogen-bond acceptors (Lipinski definition) is 2. The molecule has 4 heteroatoms. The molecule has 23 heavy (non-hydrogen) atoms. The maximum absolute atomic E-state index is 11.3. The van der Waals surface area contributed by atoms with E-state index in [0.717, 1.165) is 27.2 Å². The average Bonchev–Trinajstić information content (AvgIpc) is 2.57. The van der Waals surface area contributed by atoms with Gasteiger partial charge in [-0.3, -0.25) is 0 Å². The minimum absolute atomic E-state index is 0.492. The first-order valence-electron chi connectivity index (χ1n) is 7.38. The molecule has 0 amide bonds. The van der Waals surface area contributed by atoms with Crippen molar-refractivity contribution in [2.75, 3.05) is 6.61 Å². The first-order chi connectivity index (χ1) is 11.2. The van der Waals surface area contributed by atoms with Crippen molar-refractivity contribution >= 4 is 11.6 Å². The van der Waals surface area contributed by atoms with E-state index in [0.29, 0.717) is 18.1 Å². The smallest absolute Gasteiger partial charge is 0.183 e. The van der Waals surface area contributed by atoms with Gasteiger partial charge in [0.1, 0.15) is 5.75 Å². The lowest BCUT2D eigenvalue weighted by atomic mass is 10.0. The Balaban J connectivity index is 1.75. The summed E-state index contributed by atoms with van der Waals surface area (Å²) in [6.07, 6.45) is 3.69. The summed E-state index contributed by atoms with van der Waals surface area (Å²) in [5.41, 5.74) is 2.96. The molecule has 0 bridgehead atoms. The van der Waals surface area contributed by atoms with Crippen LogP contribution in [-0.2, 0) is 6.42 Å². The van der Waals surface area contributed by atoms with Crippen molar-refractivity contribution in [3.05, 3.63) is 88.9 Å². The van der Waals surface area contributed by atoms with Crippen LogP contribution in [0.15, 0.2) is 73.1 Å². The summed E-state index contributed by atoms with van der Waals surface area (Å²) >= 11 is 6.12. The highest BCUT2D eigenvalue weighted by atomic mass is 35.5. The van der Waals surface area contributed by atoms with Gasteiger partial charge in [-0.15, -0.1) is 0 Å². The molecule has 0 saturated carbocycles. The molecule has 3 nitrogen and oxygen atoms in total. The van der Waals surface area contributed by atoms with E-state index in [1.165, 1.54) is 6.20 Å². The van der Waals surface area contributed by atoms with Gasteiger partial charge in [-0.25, -0.2) is 0 Å². The summed E-state index contributed by atoms with van der Waals surface area (Å²) in [6.45, 7) is 0.492. The standard InChI is InChI=1S/C19H16ClNO2/c20-17-8-9-19(18(13-17)16-6-2-1-3-7-16)23-12-10-15-5-4-11-21(22)14-15/h1-9,11,13-14H,10,12H2. The van der Waals surface area contributed by atoms with Crippen molar-refractivity contribution < 1.29 is 9.47 Å². The monoisotopic (exact) mass is 325 g/mol. The van der Waals surface area contributed by atoms with E-state index in [1.54, 1.807) is 12.3 Å². The normalized spacial score (nSPS) is 10.5. The van der Waals surface area contributed by atoms with E-state index < -0.39 is 0 Å². The molecule has 2 aromatic carbocycles. The predicted octanol–water partition coefficient (Wildman–Crippen LogP) is 4.26. The van der Waals surface area contributed by atoms with Gasteiger partial charge in [-0.05, 0) is 29.8 Å². The van der Waals surface area contributed by atoms with Crippen molar-refractivity contribution in [2.24, 2.45) is 0 Å². The Morgan fingerprint density at radius 1 is 1.00 bits per heavy atom. The Bertz CT molecular complexity index is 790. The predicted molar refractivity (Wildman–Crippen MR) is 91.5 cm³/mol. The first kappa shape index (κ1) is 15.4. The van der Waals surface area contributed by atoms with Crippen LogP contribution in [0.3, 0.4) is 0 Å². The number of nitrogens with zero attached hydrogens (tertiary/aromatic N) is 1. The summed E-state index contributed by atoms with van der Waals surface area (Å²) in [5, 5.41) is 11.9. The lowest BCUT2D eigenvalue weighted by Gasteiger charge is -2.12. The number of pyridine rings is 1. The van der Waals surface area contributed by atoms with Gasteiger partial charge in [0.15, 0.2) is 12.4 Å². The second-order valence-electron chi connectivity index (χ2n) is 5.18. The fraction of sp³-hybridized carbons (Fsp3) is 0.105. The van der Waals surface area contributed by atoms with Crippen molar-refractivity contribution in [2.45, 2.75) is 6.42 Å². The molecule has 0 atom stereocenters. The van der Waals surface area contributed by atoms with Crippen LogP contribution in [0.25, 0.3) is 11.1 Å². The third-order valence-electron chi connectivity index (χ3n) is 3.51. The molecule has 116 valence electrons. The summed E-state index contributed by atoms with van der Waals surface area (Å²) < 4.78 is 6.72. The van der Waals surface area contributed by atoms with Crippen molar-refractivity contribution in [3.63, 3.8) is 0 Å². The number of aromatic nitrogens is 1. The van der Waals surface area contributed by atoms with Gasteiger partial charge < -0.3 is 9.94 Å². The zero-order chi connectivity index (χ0) is 16.1. The molecule has 0 saturated heterocycles. The minimum Gasteiger partial charge on any atom is -0.619 e. The Kier molecular flexibility index (Phi) is 4.79. The molecule has 0 N–H and O–H groups in total. The maximum Gasteiger partial charge on any atom is 0.183 e. The van der Waals surface area contributed by atoms with Crippen LogP contribution in [-0.4, -0.2) is 6.61 Å². The van der Waals surface area contributed by atoms with Crippen molar-refractivity contribution in [3.8, 4) is 16.9 Å². The molecule has 1 heterocycles. The van der Waals surface area contributed by atoms with E-state index >= 15 is 0 Å². The fourth-order valence-electron chi connectivity index (χ4n) is 2.40. The molecule has 0 fully saturated rings. The van der Waals surface area contributed by atoms with E-state index in [1.807, 2.05) is 54.6 Å². The molecule has 3 rings (SSSR count). The lowest BCUT2D eigenvalue weighted by Crippen LogP contribution is -2.25. The maximum atomic E-state index is 11.3. The highest BCUT2D eigenvalue weighted by Gasteiger charge is 2.08. The van der Waals surface area contributed by atoms with Gasteiger partial charge in [0.2, 0.25) is 0 Å². The van der Waals surface area contributed by atoms with Crippen molar-refractivity contribution in [1.29, 1.82) is 0 Å². The van der Waals surface area contributed by atoms with Crippen LogP contribution in [0, 0.1) is 5.21 Å². The zero-order valence-corrected chi connectivity index (χ0v) is 13.2. The summed E-state index contributed by atoms with van der Waals surface area (Å²) in [7, 11) is 0. The Morgan fingerprint density at radius 2 is 1.83 bits per heavy atom. The summed E-state index contributed by atoms with van der Waals surface area (Å²) in [4.78, 5) is 0. The van der Waals surface area contributed by atoms with Gasteiger partial charge in [-0.1, -0.05) is 41.9 Å². The lowest BCUT2D eigenvalue weighted by molar-refractivity contribution is -0.605. The van der Waals surface area contributed by atoms with E-state index in [2.05, 4.69) is 0 Å². The molecule has 1 aromatic heterocycles. The number of rotatable bonds is 5. The van der Waals surface area contributed by atoms with E-state index in [9.17, 15) is 5.21 Å². The molecule has 0 unspecified atom stereocenters. The molecule has 0 radical (unpaired) electrons. The van der Waals surface area contributed by atoms with Crippen LogP contribution in [0.1, 0.15) is 5.56 Å². The highest BCUT2D eigenvalue weighted by molar-refractivity contribution is 6.31. The number of hydrogen-bond donors (Lipinski definition) is 0. The molecular weight excluding hydrogens is 310 g/mol.